The summed E-state index contributed by atoms with van der Waals surface area (Å²) < 4.78 is 18.2. The number of benzene rings is 1. The van der Waals surface area contributed by atoms with E-state index in [9.17, 15) is 9.18 Å². The maximum absolute atomic E-state index is 13.5. The first-order valence-corrected chi connectivity index (χ1v) is 5.74. The number of rotatable bonds is 3. The minimum atomic E-state index is -0.603. The highest BCUT2D eigenvalue weighted by atomic mass is 35.5. The molecule has 0 atom stereocenters. The second kappa shape index (κ2) is 5.67. The Kier molecular flexibility index (Phi) is 3.97. The van der Waals surface area contributed by atoms with Crippen LogP contribution in [0.2, 0.25) is 5.02 Å². The number of nitrogens with one attached hydrogen (secondary N) is 1. The van der Waals surface area contributed by atoms with Crippen molar-refractivity contribution in [3.63, 3.8) is 0 Å². The van der Waals surface area contributed by atoms with Crippen LogP contribution in [-0.4, -0.2) is 18.0 Å². The molecular formula is C13H10ClFN2O2. The quantitative estimate of drug-likeness (QED) is 0.940. The summed E-state index contributed by atoms with van der Waals surface area (Å²) in [5.74, 6) is -0.698. The topological polar surface area (TPSA) is 51.2 Å². The first-order valence-electron chi connectivity index (χ1n) is 5.36. The SMILES string of the molecule is COc1ccc(C(=O)Nc2cc(Cl)ccn2)cc1F. The summed E-state index contributed by atoms with van der Waals surface area (Å²) in [6.45, 7) is 0. The van der Waals surface area contributed by atoms with Gasteiger partial charge in [0, 0.05) is 16.8 Å². The molecule has 2 aromatic rings. The predicted octanol–water partition coefficient (Wildman–Crippen LogP) is 3.14. The van der Waals surface area contributed by atoms with Gasteiger partial charge in [-0.15, -0.1) is 0 Å². The summed E-state index contributed by atoms with van der Waals surface area (Å²) in [5, 5.41) is 2.97. The van der Waals surface area contributed by atoms with Gasteiger partial charge in [-0.05, 0) is 30.3 Å². The van der Waals surface area contributed by atoms with Crippen molar-refractivity contribution in [3.05, 3.63) is 52.9 Å². The molecule has 6 heteroatoms. The van der Waals surface area contributed by atoms with Crippen molar-refractivity contribution in [3.8, 4) is 5.75 Å². The predicted molar refractivity (Wildman–Crippen MR) is 70.2 cm³/mol. The van der Waals surface area contributed by atoms with E-state index in [2.05, 4.69) is 10.3 Å². The number of ether oxygens (including phenoxy) is 1. The molecule has 1 aromatic carbocycles. The molecule has 0 aliphatic rings. The number of hydrogen-bond donors (Lipinski definition) is 1. The van der Waals surface area contributed by atoms with Gasteiger partial charge < -0.3 is 10.1 Å². The van der Waals surface area contributed by atoms with Crippen LogP contribution in [0.25, 0.3) is 0 Å². The Morgan fingerprint density at radius 3 is 2.79 bits per heavy atom. The van der Waals surface area contributed by atoms with Crippen molar-refractivity contribution >= 4 is 23.3 Å². The van der Waals surface area contributed by atoms with Crippen LogP contribution in [-0.2, 0) is 0 Å². The average molecular weight is 281 g/mol. The van der Waals surface area contributed by atoms with Gasteiger partial charge in [-0.3, -0.25) is 4.79 Å². The molecule has 2 rings (SSSR count). The lowest BCUT2D eigenvalue weighted by atomic mass is 10.2. The molecule has 0 unspecified atom stereocenters. The fraction of sp³-hybridized carbons (Fsp3) is 0.0769. The number of pyridine rings is 1. The third kappa shape index (κ3) is 3.20. The van der Waals surface area contributed by atoms with Crippen LogP contribution in [0.15, 0.2) is 36.5 Å². The highest BCUT2D eigenvalue weighted by Gasteiger charge is 2.10. The molecule has 0 radical (unpaired) electrons. The second-order valence-electron chi connectivity index (χ2n) is 3.66. The normalized spacial score (nSPS) is 10.1. The molecule has 0 bridgehead atoms. The Labute approximate surface area is 114 Å². The van der Waals surface area contributed by atoms with Crippen molar-refractivity contribution in [1.82, 2.24) is 4.98 Å². The third-order valence-corrected chi connectivity index (χ3v) is 2.61. The van der Waals surface area contributed by atoms with Gasteiger partial charge in [0.2, 0.25) is 0 Å². The van der Waals surface area contributed by atoms with E-state index in [0.717, 1.165) is 6.07 Å². The number of anilines is 1. The molecule has 1 amide bonds. The van der Waals surface area contributed by atoms with Crippen LogP contribution >= 0.6 is 11.6 Å². The summed E-state index contributed by atoms with van der Waals surface area (Å²) in [4.78, 5) is 15.8. The minimum absolute atomic E-state index is 0.0810. The largest absolute Gasteiger partial charge is 0.494 e. The first kappa shape index (κ1) is 13.3. The molecule has 0 saturated carbocycles. The van der Waals surface area contributed by atoms with Crippen LogP contribution in [0.5, 0.6) is 5.75 Å². The van der Waals surface area contributed by atoms with Gasteiger partial charge in [-0.1, -0.05) is 11.6 Å². The zero-order chi connectivity index (χ0) is 13.8. The molecule has 1 N–H and O–H groups in total. The van der Waals surface area contributed by atoms with Crippen molar-refractivity contribution in [2.24, 2.45) is 0 Å². The number of nitrogens with zero attached hydrogens (tertiary/aromatic N) is 1. The third-order valence-electron chi connectivity index (χ3n) is 2.38. The van der Waals surface area contributed by atoms with Crippen LogP contribution in [0.1, 0.15) is 10.4 Å². The monoisotopic (exact) mass is 280 g/mol. The molecule has 0 saturated heterocycles. The molecule has 0 aliphatic heterocycles. The highest BCUT2D eigenvalue weighted by molar-refractivity contribution is 6.30. The Morgan fingerprint density at radius 2 is 2.16 bits per heavy atom. The maximum atomic E-state index is 13.5. The van der Waals surface area contributed by atoms with Gasteiger partial charge in [0.05, 0.1) is 7.11 Å². The zero-order valence-corrected chi connectivity index (χ0v) is 10.7. The van der Waals surface area contributed by atoms with E-state index in [1.807, 2.05) is 0 Å². The van der Waals surface area contributed by atoms with E-state index >= 15 is 0 Å². The molecule has 0 fully saturated rings. The summed E-state index contributed by atoms with van der Waals surface area (Å²) in [5.41, 5.74) is 0.167. The minimum Gasteiger partial charge on any atom is -0.494 e. The number of aromatic nitrogens is 1. The van der Waals surface area contributed by atoms with Crippen LogP contribution in [0, 0.1) is 5.82 Å². The molecule has 1 aromatic heterocycles. The van der Waals surface area contributed by atoms with E-state index in [1.54, 1.807) is 6.07 Å². The van der Waals surface area contributed by atoms with Crippen molar-refractivity contribution in [1.29, 1.82) is 0 Å². The first-order chi connectivity index (χ1) is 9.10. The number of carbonyl (C=O) groups is 1. The molecular weight excluding hydrogens is 271 g/mol. The number of amides is 1. The molecule has 1 heterocycles. The van der Waals surface area contributed by atoms with E-state index in [0.29, 0.717) is 10.8 Å². The van der Waals surface area contributed by atoms with Crippen LogP contribution in [0.4, 0.5) is 10.2 Å². The van der Waals surface area contributed by atoms with Gasteiger partial charge in [-0.25, -0.2) is 9.37 Å². The number of carbonyl (C=O) groups excluding carboxylic acids is 1. The second-order valence-corrected chi connectivity index (χ2v) is 4.10. The van der Waals surface area contributed by atoms with Crippen molar-refractivity contribution in [2.75, 3.05) is 12.4 Å². The van der Waals surface area contributed by atoms with Crippen molar-refractivity contribution < 1.29 is 13.9 Å². The van der Waals surface area contributed by atoms with E-state index in [4.69, 9.17) is 16.3 Å². The molecule has 0 spiro atoms. The van der Waals surface area contributed by atoms with E-state index in [-0.39, 0.29) is 11.3 Å². The van der Waals surface area contributed by atoms with Crippen LogP contribution < -0.4 is 10.1 Å². The van der Waals surface area contributed by atoms with E-state index in [1.165, 1.54) is 31.5 Å². The summed E-state index contributed by atoms with van der Waals surface area (Å²) in [7, 11) is 1.36. The fourth-order valence-electron chi connectivity index (χ4n) is 1.47. The van der Waals surface area contributed by atoms with E-state index < -0.39 is 11.7 Å². The number of hydrogen-bond acceptors (Lipinski definition) is 3. The number of halogens is 2. The number of methoxy groups -OCH3 is 1. The standard InChI is InChI=1S/C13H10ClFN2O2/c1-19-11-3-2-8(6-10(11)15)13(18)17-12-7-9(14)4-5-16-12/h2-7H,1H3,(H,16,17,18). The highest BCUT2D eigenvalue weighted by Crippen LogP contribution is 2.19. The fourth-order valence-corrected chi connectivity index (χ4v) is 1.63. The summed E-state index contributed by atoms with van der Waals surface area (Å²) >= 11 is 5.77. The Morgan fingerprint density at radius 1 is 1.37 bits per heavy atom. The molecule has 4 nitrogen and oxygen atoms in total. The Bertz CT molecular complexity index is 619. The van der Waals surface area contributed by atoms with Gasteiger partial charge in [0.1, 0.15) is 5.82 Å². The lowest BCUT2D eigenvalue weighted by Crippen LogP contribution is -2.13. The molecule has 98 valence electrons. The zero-order valence-electron chi connectivity index (χ0n) is 9.98. The summed E-state index contributed by atoms with van der Waals surface area (Å²) in [6, 6.07) is 7.03. The average Bonchev–Trinajstić information content (AvgIpc) is 2.38. The van der Waals surface area contributed by atoms with Gasteiger partial charge in [-0.2, -0.15) is 0 Å². The lowest BCUT2D eigenvalue weighted by molar-refractivity contribution is 0.102. The van der Waals surface area contributed by atoms with Gasteiger partial charge >= 0.3 is 0 Å². The summed E-state index contributed by atoms with van der Waals surface area (Å²) in [6.07, 6.45) is 1.46. The lowest BCUT2D eigenvalue weighted by Gasteiger charge is -2.06. The van der Waals surface area contributed by atoms with Gasteiger partial charge in [0.25, 0.3) is 5.91 Å². The smallest absolute Gasteiger partial charge is 0.256 e. The molecule has 0 aliphatic carbocycles. The Balaban J connectivity index is 2.18. The molecule has 19 heavy (non-hydrogen) atoms. The maximum Gasteiger partial charge on any atom is 0.256 e. The van der Waals surface area contributed by atoms with Crippen molar-refractivity contribution in [2.45, 2.75) is 0 Å². The Hall–Kier alpha value is -2.14. The van der Waals surface area contributed by atoms with Gasteiger partial charge in [0.15, 0.2) is 11.6 Å². The van der Waals surface area contributed by atoms with Crippen LogP contribution in [0.3, 0.4) is 0 Å².